The Morgan fingerprint density at radius 1 is 1.18 bits per heavy atom. The van der Waals surface area contributed by atoms with E-state index in [0.29, 0.717) is 30.9 Å². The number of rotatable bonds is 5. The van der Waals surface area contributed by atoms with Crippen LogP contribution >= 0.6 is 0 Å². The summed E-state index contributed by atoms with van der Waals surface area (Å²) < 4.78 is 12.5. The van der Waals surface area contributed by atoms with Crippen molar-refractivity contribution in [2.45, 2.75) is 52.8 Å². The van der Waals surface area contributed by atoms with Crippen LogP contribution in [0.5, 0.6) is 0 Å². The molecule has 1 aliphatic heterocycles. The maximum absolute atomic E-state index is 13.2. The Kier molecular flexibility index (Phi) is 6.45. The van der Waals surface area contributed by atoms with Crippen LogP contribution in [0.4, 0.5) is 10.6 Å². The zero-order chi connectivity index (χ0) is 24.5. The van der Waals surface area contributed by atoms with Crippen LogP contribution in [0.25, 0.3) is 22.2 Å². The van der Waals surface area contributed by atoms with Crippen molar-refractivity contribution in [3.63, 3.8) is 0 Å². The largest absolute Gasteiger partial charge is 0.510 e. The van der Waals surface area contributed by atoms with Crippen LogP contribution in [0.15, 0.2) is 42.9 Å². The molecule has 180 valence electrons. The Balaban J connectivity index is 1.72. The van der Waals surface area contributed by atoms with Crippen molar-refractivity contribution in [1.29, 1.82) is 0 Å². The Morgan fingerprint density at radius 2 is 1.91 bits per heavy atom. The number of carbonyl (C=O) groups is 2. The summed E-state index contributed by atoms with van der Waals surface area (Å²) in [5, 5.41) is 0.760. The average Bonchev–Trinajstić information content (AvgIpc) is 3.36. The second-order valence-corrected chi connectivity index (χ2v) is 9.70. The van der Waals surface area contributed by atoms with E-state index in [0.717, 1.165) is 16.5 Å². The molecule has 3 aromatic rings. The Bertz CT molecular complexity index is 1190. The number of nitrogen functional groups attached to an aromatic ring is 1. The van der Waals surface area contributed by atoms with E-state index in [1.54, 1.807) is 11.8 Å². The first-order valence-electron chi connectivity index (χ1n) is 11.5. The molecule has 2 N–H and O–H groups in total. The third kappa shape index (κ3) is 4.83. The van der Waals surface area contributed by atoms with Gasteiger partial charge in [-0.15, -0.1) is 0 Å². The van der Waals surface area contributed by atoms with Gasteiger partial charge in [0, 0.05) is 31.1 Å². The van der Waals surface area contributed by atoms with Gasteiger partial charge in [0.15, 0.2) is 6.23 Å². The second kappa shape index (κ2) is 9.32. The number of amides is 1. The van der Waals surface area contributed by atoms with Crippen molar-refractivity contribution < 1.29 is 19.1 Å². The van der Waals surface area contributed by atoms with Gasteiger partial charge in [0.2, 0.25) is 5.91 Å². The van der Waals surface area contributed by atoms with Crippen molar-refractivity contribution in [3.05, 3.63) is 42.9 Å². The van der Waals surface area contributed by atoms with Gasteiger partial charge in [0.1, 0.15) is 17.8 Å². The van der Waals surface area contributed by atoms with E-state index in [1.165, 1.54) is 6.33 Å². The van der Waals surface area contributed by atoms with Crippen LogP contribution in [0, 0.1) is 5.41 Å². The van der Waals surface area contributed by atoms with Crippen molar-refractivity contribution >= 4 is 28.9 Å². The minimum absolute atomic E-state index is 0.0711. The topological polar surface area (TPSA) is 113 Å². The van der Waals surface area contributed by atoms with E-state index >= 15 is 0 Å². The lowest BCUT2D eigenvalue weighted by Gasteiger charge is -2.27. The molecule has 0 aliphatic carbocycles. The highest BCUT2D eigenvalue weighted by atomic mass is 16.7. The van der Waals surface area contributed by atoms with Crippen LogP contribution in [0.3, 0.4) is 0 Å². The van der Waals surface area contributed by atoms with Gasteiger partial charge >= 0.3 is 6.16 Å². The molecule has 4 rings (SSSR count). The smallest absolute Gasteiger partial charge is 0.435 e. The van der Waals surface area contributed by atoms with Gasteiger partial charge in [0.25, 0.3) is 0 Å². The highest BCUT2D eigenvalue weighted by Crippen LogP contribution is 2.38. The summed E-state index contributed by atoms with van der Waals surface area (Å²) >= 11 is 0. The third-order valence-electron chi connectivity index (χ3n) is 5.84. The highest BCUT2D eigenvalue weighted by Gasteiger charge is 2.40. The third-order valence-corrected chi connectivity index (χ3v) is 5.84. The van der Waals surface area contributed by atoms with Crippen LogP contribution < -0.4 is 5.73 Å². The van der Waals surface area contributed by atoms with Gasteiger partial charge in [0.05, 0.1) is 18.0 Å². The number of nitrogens with two attached hydrogens (primary N) is 1. The summed E-state index contributed by atoms with van der Waals surface area (Å²) in [6.07, 6.45) is 2.67. The molecular weight excluding hydrogens is 434 g/mol. The number of ether oxygens (including phenoxy) is 2. The SMILES string of the molecule is CCOC(=O)O[C@@H]1C[C@H](n2cc(-c3ccccc3)c3c(N)ncnc32)CN1C(=O)CC(C)(C)C. The molecule has 0 spiro atoms. The van der Waals surface area contributed by atoms with Crippen LogP contribution in [-0.4, -0.2) is 50.9 Å². The maximum Gasteiger partial charge on any atom is 0.510 e. The van der Waals surface area contributed by atoms with Gasteiger partial charge in [-0.3, -0.25) is 4.79 Å². The molecule has 1 amide bonds. The predicted octanol–water partition coefficient (Wildman–Crippen LogP) is 4.39. The number of aromatic nitrogens is 3. The summed E-state index contributed by atoms with van der Waals surface area (Å²) in [5.74, 6) is 0.318. The Morgan fingerprint density at radius 3 is 2.59 bits per heavy atom. The lowest BCUT2D eigenvalue weighted by molar-refractivity contribution is -0.141. The summed E-state index contributed by atoms with van der Waals surface area (Å²) in [6, 6.07) is 9.72. The lowest BCUT2D eigenvalue weighted by Crippen LogP contribution is -2.40. The molecule has 3 heterocycles. The molecule has 0 radical (unpaired) electrons. The molecule has 9 nitrogen and oxygen atoms in total. The van der Waals surface area contributed by atoms with Crippen LogP contribution in [0.1, 0.15) is 46.6 Å². The molecule has 1 aromatic carbocycles. The van der Waals surface area contributed by atoms with Crippen molar-refractivity contribution in [2.24, 2.45) is 5.41 Å². The standard InChI is InChI=1S/C25H31N5O4/c1-5-33-24(32)34-20-11-17(13-30(20)19(31)12-25(2,3)4)29-14-18(16-9-7-6-8-10-16)21-22(26)27-15-28-23(21)29/h6-10,14-15,17,20H,5,11-13H2,1-4H3,(H2,26,27,28)/t17-,20+/m0/s1. The molecule has 1 aliphatic rings. The van der Waals surface area contributed by atoms with E-state index in [4.69, 9.17) is 15.2 Å². The Hall–Kier alpha value is -3.62. The zero-order valence-electron chi connectivity index (χ0n) is 20.0. The first-order valence-corrected chi connectivity index (χ1v) is 11.5. The van der Waals surface area contributed by atoms with Crippen LogP contribution in [-0.2, 0) is 14.3 Å². The minimum atomic E-state index is -0.782. The van der Waals surface area contributed by atoms with E-state index in [1.807, 2.05) is 61.9 Å². The number of anilines is 1. The van der Waals surface area contributed by atoms with Crippen molar-refractivity contribution in [1.82, 2.24) is 19.4 Å². The summed E-state index contributed by atoms with van der Waals surface area (Å²) in [4.78, 5) is 35.6. The predicted molar refractivity (Wildman–Crippen MR) is 129 cm³/mol. The number of nitrogens with zero attached hydrogens (tertiary/aromatic N) is 4. The van der Waals surface area contributed by atoms with Crippen molar-refractivity contribution in [2.75, 3.05) is 18.9 Å². The van der Waals surface area contributed by atoms with E-state index in [-0.39, 0.29) is 24.0 Å². The molecule has 1 fully saturated rings. The number of carbonyl (C=O) groups excluding carboxylic acids is 2. The van der Waals surface area contributed by atoms with Gasteiger partial charge in [-0.25, -0.2) is 14.8 Å². The van der Waals surface area contributed by atoms with Gasteiger partial charge in [-0.1, -0.05) is 51.1 Å². The van der Waals surface area contributed by atoms with Crippen molar-refractivity contribution in [3.8, 4) is 11.1 Å². The molecule has 0 saturated carbocycles. The fraction of sp³-hybridized carbons (Fsp3) is 0.440. The van der Waals surface area contributed by atoms with Gasteiger partial charge in [-0.05, 0) is 17.9 Å². The first kappa shape index (κ1) is 23.5. The summed E-state index contributed by atoms with van der Waals surface area (Å²) in [6.45, 7) is 8.30. The number of benzene rings is 1. The molecule has 0 bridgehead atoms. The van der Waals surface area contributed by atoms with E-state index in [9.17, 15) is 9.59 Å². The molecule has 2 atom stereocenters. The van der Waals surface area contributed by atoms with E-state index < -0.39 is 12.4 Å². The monoisotopic (exact) mass is 465 g/mol. The fourth-order valence-corrected chi connectivity index (χ4v) is 4.40. The van der Waals surface area contributed by atoms with Crippen LogP contribution in [0.2, 0.25) is 0 Å². The Labute approximate surface area is 198 Å². The quantitative estimate of drug-likeness (QED) is 0.556. The van der Waals surface area contributed by atoms with E-state index in [2.05, 4.69) is 9.97 Å². The number of hydrogen-bond acceptors (Lipinski definition) is 7. The molecule has 1 saturated heterocycles. The van der Waals surface area contributed by atoms with Gasteiger partial charge in [-0.2, -0.15) is 0 Å². The number of likely N-dealkylation sites (tertiary alicyclic amines) is 1. The van der Waals surface area contributed by atoms with Gasteiger partial charge < -0.3 is 24.7 Å². The normalized spacial score (nSPS) is 18.3. The second-order valence-electron chi connectivity index (χ2n) is 9.70. The molecular formula is C25H31N5O4. The minimum Gasteiger partial charge on any atom is -0.435 e. The summed E-state index contributed by atoms with van der Waals surface area (Å²) in [7, 11) is 0. The number of hydrogen-bond donors (Lipinski definition) is 1. The fourth-order valence-electron chi connectivity index (χ4n) is 4.40. The number of fused-ring (bicyclic) bond motifs is 1. The molecule has 0 unspecified atom stereocenters. The first-order chi connectivity index (χ1) is 16.2. The molecule has 2 aromatic heterocycles. The lowest BCUT2D eigenvalue weighted by atomic mass is 9.91. The maximum atomic E-state index is 13.2. The highest BCUT2D eigenvalue weighted by molar-refractivity contribution is 6.00. The average molecular weight is 466 g/mol. The molecule has 9 heteroatoms. The zero-order valence-corrected chi connectivity index (χ0v) is 20.0. The molecule has 34 heavy (non-hydrogen) atoms. The summed E-state index contributed by atoms with van der Waals surface area (Å²) in [5.41, 5.74) is 8.64.